The number of nitrogens with one attached hydrogen (secondary N) is 1. The lowest BCUT2D eigenvalue weighted by Crippen LogP contribution is -2.52. The van der Waals surface area contributed by atoms with Crippen LogP contribution in [0.4, 0.5) is 11.4 Å². The average Bonchev–Trinajstić information content (AvgIpc) is 2.59. The van der Waals surface area contributed by atoms with Crippen molar-refractivity contribution >= 4 is 34.8 Å². The third kappa shape index (κ3) is 3.40. The lowest BCUT2D eigenvalue weighted by molar-refractivity contribution is -0.128. The van der Waals surface area contributed by atoms with E-state index < -0.39 is 12.1 Å². The van der Waals surface area contributed by atoms with Crippen LogP contribution in [0.3, 0.4) is 0 Å². The summed E-state index contributed by atoms with van der Waals surface area (Å²) in [5.74, 6) is -0.0108. The van der Waals surface area contributed by atoms with Crippen LogP contribution in [0, 0.1) is 13.8 Å². The van der Waals surface area contributed by atoms with Crippen LogP contribution < -0.4 is 15.0 Å². The number of hydrogen-bond donors (Lipinski definition) is 1. The van der Waals surface area contributed by atoms with E-state index in [2.05, 4.69) is 5.32 Å². The Morgan fingerprint density at radius 1 is 1.23 bits per heavy atom. The fourth-order valence-corrected chi connectivity index (χ4v) is 3.12. The standard InChI is InChI=1S/C20H21ClN2O3/c1-11-5-6-12(2)16(9-11)22-19(24)13(3)23-17-10-15(21)7-8-18(17)26-14(4)20(23)25/h5-10,13-14H,1-4H3,(H,22,24). The lowest BCUT2D eigenvalue weighted by atomic mass is 10.1. The zero-order chi connectivity index (χ0) is 19.0. The summed E-state index contributed by atoms with van der Waals surface area (Å²) in [7, 11) is 0. The Kier molecular flexibility index (Phi) is 4.92. The monoisotopic (exact) mass is 372 g/mol. The Hall–Kier alpha value is -2.53. The quantitative estimate of drug-likeness (QED) is 0.882. The van der Waals surface area contributed by atoms with E-state index in [0.29, 0.717) is 16.5 Å². The molecule has 1 heterocycles. The van der Waals surface area contributed by atoms with E-state index in [1.54, 1.807) is 32.0 Å². The maximum Gasteiger partial charge on any atom is 0.268 e. The molecule has 2 unspecified atom stereocenters. The molecule has 0 aliphatic carbocycles. The molecule has 6 heteroatoms. The van der Waals surface area contributed by atoms with Gasteiger partial charge in [0.1, 0.15) is 11.8 Å². The third-order valence-electron chi connectivity index (χ3n) is 4.49. The zero-order valence-corrected chi connectivity index (χ0v) is 15.9. The Balaban J connectivity index is 1.92. The van der Waals surface area contributed by atoms with Gasteiger partial charge < -0.3 is 10.1 Å². The highest BCUT2D eigenvalue weighted by atomic mass is 35.5. The van der Waals surface area contributed by atoms with E-state index in [1.807, 2.05) is 32.0 Å². The van der Waals surface area contributed by atoms with Gasteiger partial charge in [-0.1, -0.05) is 23.7 Å². The first kappa shape index (κ1) is 18.3. The smallest absolute Gasteiger partial charge is 0.268 e. The zero-order valence-electron chi connectivity index (χ0n) is 15.2. The van der Waals surface area contributed by atoms with Crippen molar-refractivity contribution in [1.29, 1.82) is 0 Å². The van der Waals surface area contributed by atoms with Crippen LogP contribution in [0.1, 0.15) is 25.0 Å². The number of hydrogen-bond acceptors (Lipinski definition) is 3. The van der Waals surface area contributed by atoms with Gasteiger partial charge >= 0.3 is 0 Å². The first-order chi connectivity index (χ1) is 12.3. The molecule has 2 aromatic rings. The van der Waals surface area contributed by atoms with E-state index in [4.69, 9.17) is 16.3 Å². The molecule has 2 amide bonds. The summed E-state index contributed by atoms with van der Waals surface area (Å²) in [6, 6.07) is 10.2. The number of amides is 2. The van der Waals surface area contributed by atoms with E-state index >= 15 is 0 Å². The number of anilines is 2. The molecule has 1 aliphatic heterocycles. The molecule has 2 aromatic carbocycles. The second-order valence-corrected chi connectivity index (χ2v) is 7.00. The lowest BCUT2D eigenvalue weighted by Gasteiger charge is -2.36. The van der Waals surface area contributed by atoms with Crippen molar-refractivity contribution in [3.63, 3.8) is 0 Å². The van der Waals surface area contributed by atoms with Crippen molar-refractivity contribution < 1.29 is 14.3 Å². The summed E-state index contributed by atoms with van der Waals surface area (Å²) < 4.78 is 5.63. The fourth-order valence-electron chi connectivity index (χ4n) is 2.96. The van der Waals surface area contributed by atoms with Crippen LogP contribution in [0.25, 0.3) is 0 Å². The molecule has 26 heavy (non-hydrogen) atoms. The summed E-state index contributed by atoms with van der Waals surface area (Å²) in [6.45, 7) is 7.25. The number of ether oxygens (including phenoxy) is 1. The third-order valence-corrected chi connectivity index (χ3v) is 4.72. The normalized spacial score (nSPS) is 17.3. The molecule has 0 spiro atoms. The highest BCUT2D eigenvalue weighted by Gasteiger charge is 2.37. The van der Waals surface area contributed by atoms with Crippen LogP contribution in [0.15, 0.2) is 36.4 Å². The molecular formula is C20H21ClN2O3. The van der Waals surface area contributed by atoms with Crippen LogP contribution in [-0.2, 0) is 9.59 Å². The van der Waals surface area contributed by atoms with Crippen molar-refractivity contribution in [2.75, 3.05) is 10.2 Å². The molecule has 1 N–H and O–H groups in total. The van der Waals surface area contributed by atoms with Gasteiger partial charge in [0.25, 0.3) is 5.91 Å². The van der Waals surface area contributed by atoms with Gasteiger partial charge in [0.15, 0.2) is 6.10 Å². The van der Waals surface area contributed by atoms with Gasteiger partial charge in [-0.25, -0.2) is 0 Å². The van der Waals surface area contributed by atoms with Crippen LogP contribution in [0.2, 0.25) is 5.02 Å². The van der Waals surface area contributed by atoms with E-state index in [1.165, 1.54) is 4.90 Å². The minimum atomic E-state index is -0.717. The SMILES string of the molecule is Cc1ccc(C)c(NC(=O)C(C)N2C(=O)C(C)Oc3ccc(Cl)cc32)c1. The first-order valence-corrected chi connectivity index (χ1v) is 8.83. The number of halogens is 1. The van der Waals surface area contributed by atoms with Gasteiger partial charge in [-0.3, -0.25) is 14.5 Å². The Morgan fingerprint density at radius 2 is 1.96 bits per heavy atom. The predicted octanol–water partition coefficient (Wildman–Crippen LogP) is 4.10. The van der Waals surface area contributed by atoms with Crippen molar-refractivity contribution in [1.82, 2.24) is 0 Å². The number of benzene rings is 2. The molecule has 0 fully saturated rings. The van der Waals surface area contributed by atoms with Gasteiger partial charge in [-0.2, -0.15) is 0 Å². The fraction of sp³-hybridized carbons (Fsp3) is 0.300. The number of carbonyl (C=O) groups is 2. The highest BCUT2D eigenvalue weighted by molar-refractivity contribution is 6.31. The molecule has 1 aliphatic rings. The van der Waals surface area contributed by atoms with Crippen molar-refractivity contribution in [3.8, 4) is 5.75 Å². The van der Waals surface area contributed by atoms with E-state index in [0.717, 1.165) is 16.8 Å². The van der Waals surface area contributed by atoms with Crippen molar-refractivity contribution in [2.24, 2.45) is 0 Å². The Morgan fingerprint density at radius 3 is 2.69 bits per heavy atom. The molecule has 5 nitrogen and oxygen atoms in total. The minimum absolute atomic E-state index is 0.271. The Labute approximate surface area is 157 Å². The maximum atomic E-state index is 12.8. The first-order valence-electron chi connectivity index (χ1n) is 8.45. The summed E-state index contributed by atoms with van der Waals surface area (Å²) in [5, 5.41) is 3.40. The molecular weight excluding hydrogens is 352 g/mol. The minimum Gasteiger partial charge on any atom is -0.479 e. The number of nitrogens with zero attached hydrogens (tertiary/aromatic N) is 1. The van der Waals surface area contributed by atoms with Gasteiger partial charge in [0, 0.05) is 10.7 Å². The molecule has 0 aromatic heterocycles. The number of aryl methyl sites for hydroxylation is 2. The summed E-state index contributed by atoms with van der Waals surface area (Å²) >= 11 is 6.08. The van der Waals surface area contributed by atoms with Crippen LogP contribution >= 0.6 is 11.6 Å². The van der Waals surface area contributed by atoms with Gasteiger partial charge in [0.05, 0.1) is 5.69 Å². The van der Waals surface area contributed by atoms with Gasteiger partial charge in [0.2, 0.25) is 5.91 Å². The molecule has 0 radical (unpaired) electrons. The summed E-state index contributed by atoms with van der Waals surface area (Å²) in [6.07, 6.45) is -0.667. The molecule has 0 saturated heterocycles. The van der Waals surface area contributed by atoms with Crippen LogP contribution in [0.5, 0.6) is 5.75 Å². The summed E-state index contributed by atoms with van der Waals surface area (Å²) in [4.78, 5) is 27.0. The number of carbonyl (C=O) groups excluding carboxylic acids is 2. The van der Waals surface area contributed by atoms with Gasteiger partial charge in [-0.15, -0.1) is 0 Å². The van der Waals surface area contributed by atoms with E-state index in [-0.39, 0.29) is 11.8 Å². The van der Waals surface area contributed by atoms with Crippen molar-refractivity contribution in [2.45, 2.75) is 39.8 Å². The topological polar surface area (TPSA) is 58.6 Å². The predicted molar refractivity (Wildman–Crippen MR) is 103 cm³/mol. The second-order valence-electron chi connectivity index (χ2n) is 6.56. The molecule has 136 valence electrons. The highest BCUT2D eigenvalue weighted by Crippen LogP contribution is 2.37. The van der Waals surface area contributed by atoms with Gasteiger partial charge in [-0.05, 0) is 63.1 Å². The number of rotatable bonds is 3. The second kappa shape index (κ2) is 7.00. The van der Waals surface area contributed by atoms with E-state index in [9.17, 15) is 9.59 Å². The maximum absolute atomic E-state index is 12.8. The molecule has 0 saturated carbocycles. The van der Waals surface area contributed by atoms with Crippen molar-refractivity contribution in [3.05, 3.63) is 52.5 Å². The average molecular weight is 373 g/mol. The summed E-state index contributed by atoms with van der Waals surface area (Å²) in [5.41, 5.74) is 3.25. The molecule has 0 bridgehead atoms. The largest absolute Gasteiger partial charge is 0.479 e. The number of fused-ring (bicyclic) bond motifs is 1. The Bertz CT molecular complexity index is 881. The van der Waals surface area contributed by atoms with Crippen LogP contribution in [-0.4, -0.2) is 24.0 Å². The molecule has 2 atom stereocenters. The molecule has 3 rings (SSSR count).